The number of guanidine groups is 1. The zero-order chi connectivity index (χ0) is 14.4. The summed E-state index contributed by atoms with van der Waals surface area (Å²) >= 11 is 0. The van der Waals surface area contributed by atoms with Crippen molar-refractivity contribution in [2.24, 2.45) is 23.9 Å². The number of aliphatic imine (C=N–C) groups is 1. The molecule has 0 amide bonds. The van der Waals surface area contributed by atoms with Crippen LogP contribution < -0.4 is 10.6 Å². The van der Waals surface area contributed by atoms with Crippen molar-refractivity contribution >= 4 is 29.9 Å². The molecule has 0 radical (unpaired) electrons. The van der Waals surface area contributed by atoms with E-state index in [1.807, 2.05) is 31.0 Å². The van der Waals surface area contributed by atoms with E-state index in [2.05, 4.69) is 27.6 Å². The Bertz CT molecular complexity index is 443. The van der Waals surface area contributed by atoms with E-state index in [1.54, 1.807) is 0 Å². The zero-order valence-corrected chi connectivity index (χ0v) is 15.6. The number of rotatable bonds is 4. The molecule has 2 rings (SSSR count). The van der Waals surface area contributed by atoms with E-state index in [9.17, 15) is 0 Å². The number of halogens is 1. The van der Waals surface area contributed by atoms with Gasteiger partial charge in [0.25, 0.3) is 0 Å². The third kappa shape index (κ3) is 5.48. The molecule has 0 spiro atoms. The molecule has 0 aliphatic heterocycles. The molecular weight excluding hydrogens is 377 g/mol. The zero-order valence-electron chi connectivity index (χ0n) is 13.3. The summed E-state index contributed by atoms with van der Waals surface area (Å²) in [6, 6.07) is 2.02. The van der Waals surface area contributed by atoms with E-state index in [-0.39, 0.29) is 24.0 Å². The van der Waals surface area contributed by atoms with Crippen molar-refractivity contribution in [1.29, 1.82) is 0 Å². The Labute approximate surface area is 145 Å². The second-order valence-electron chi connectivity index (χ2n) is 5.77. The van der Waals surface area contributed by atoms with Crippen LogP contribution in [0.25, 0.3) is 0 Å². The van der Waals surface area contributed by atoms with Crippen LogP contribution in [0.15, 0.2) is 17.3 Å². The van der Waals surface area contributed by atoms with Crippen LogP contribution in [0, 0.1) is 11.8 Å². The molecule has 21 heavy (non-hydrogen) atoms. The van der Waals surface area contributed by atoms with Crippen LogP contribution in [0.2, 0.25) is 0 Å². The van der Waals surface area contributed by atoms with Crippen LogP contribution in [0.3, 0.4) is 0 Å². The summed E-state index contributed by atoms with van der Waals surface area (Å²) in [7, 11) is 3.78. The fourth-order valence-electron chi connectivity index (χ4n) is 2.89. The molecule has 2 N–H and O–H groups in total. The van der Waals surface area contributed by atoms with Gasteiger partial charge in [0.15, 0.2) is 5.96 Å². The normalized spacial score (nSPS) is 22.5. The minimum Gasteiger partial charge on any atom is -0.356 e. The van der Waals surface area contributed by atoms with Gasteiger partial charge in [0.1, 0.15) is 0 Å². The number of hydrogen-bond acceptors (Lipinski definition) is 2. The van der Waals surface area contributed by atoms with Crippen molar-refractivity contribution in [3.63, 3.8) is 0 Å². The van der Waals surface area contributed by atoms with E-state index in [0.717, 1.165) is 36.6 Å². The Morgan fingerprint density at radius 2 is 2.14 bits per heavy atom. The number of hydrogen-bond donors (Lipinski definition) is 2. The minimum absolute atomic E-state index is 0. The van der Waals surface area contributed by atoms with E-state index >= 15 is 0 Å². The van der Waals surface area contributed by atoms with Crippen molar-refractivity contribution in [2.75, 3.05) is 13.6 Å². The lowest BCUT2D eigenvalue weighted by Gasteiger charge is -2.29. The molecular formula is C15H28IN5. The first-order valence-corrected chi connectivity index (χ1v) is 7.62. The maximum atomic E-state index is 4.29. The number of nitrogens with zero attached hydrogens (tertiary/aromatic N) is 3. The summed E-state index contributed by atoms with van der Waals surface area (Å²) in [4.78, 5) is 4.29. The van der Waals surface area contributed by atoms with Crippen molar-refractivity contribution in [1.82, 2.24) is 20.4 Å². The van der Waals surface area contributed by atoms with Crippen LogP contribution in [-0.2, 0) is 13.6 Å². The average Bonchev–Trinajstić information content (AvgIpc) is 2.86. The Morgan fingerprint density at radius 3 is 2.76 bits per heavy atom. The van der Waals surface area contributed by atoms with Crippen LogP contribution in [0.1, 0.15) is 38.3 Å². The standard InChI is InChI=1S/C15H27N5.HI/c1-12-6-4-5-7-13(12)10-17-15(16-2)18-11-14-8-9-19-20(14)3;/h8-9,12-13H,4-7,10-11H2,1-3H3,(H2,16,17,18);1H. The van der Waals surface area contributed by atoms with Gasteiger partial charge in [-0.3, -0.25) is 9.67 Å². The van der Waals surface area contributed by atoms with Crippen molar-refractivity contribution in [3.8, 4) is 0 Å². The molecule has 2 atom stereocenters. The molecule has 1 aromatic rings. The molecule has 5 nitrogen and oxygen atoms in total. The Hall–Kier alpha value is -0.790. The number of aromatic nitrogens is 2. The third-order valence-electron chi connectivity index (χ3n) is 4.40. The number of aryl methyl sites for hydroxylation is 1. The van der Waals surface area contributed by atoms with E-state index in [0.29, 0.717) is 0 Å². The fraction of sp³-hybridized carbons (Fsp3) is 0.733. The van der Waals surface area contributed by atoms with Gasteiger partial charge < -0.3 is 10.6 Å². The molecule has 2 unspecified atom stereocenters. The van der Waals surface area contributed by atoms with Crippen LogP contribution in [0.4, 0.5) is 0 Å². The molecule has 1 aromatic heterocycles. The predicted octanol–water partition coefficient (Wildman–Crippen LogP) is 2.53. The Balaban J connectivity index is 0.00000220. The fourth-order valence-corrected chi connectivity index (χ4v) is 2.89. The number of nitrogens with one attached hydrogen (secondary N) is 2. The second-order valence-corrected chi connectivity index (χ2v) is 5.77. The van der Waals surface area contributed by atoms with Crippen molar-refractivity contribution in [3.05, 3.63) is 18.0 Å². The van der Waals surface area contributed by atoms with Gasteiger partial charge in [-0.2, -0.15) is 5.10 Å². The molecule has 6 heteroatoms. The second kappa shape index (κ2) is 9.27. The smallest absolute Gasteiger partial charge is 0.191 e. The van der Waals surface area contributed by atoms with Gasteiger partial charge in [0.05, 0.1) is 12.2 Å². The summed E-state index contributed by atoms with van der Waals surface area (Å²) < 4.78 is 1.88. The summed E-state index contributed by atoms with van der Waals surface area (Å²) in [5, 5.41) is 11.0. The molecule has 1 aliphatic rings. The lowest BCUT2D eigenvalue weighted by Crippen LogP contribution is -2.41. The summed E-state index contributed by atoms with van der Waals surface area (Å²) in [6.45, 7) is 4.14. The first-order valence-electron chi connectivity index (χ1n) is 7.62. The summed E-state index contributed by atoms with van der Waals surface area (Å²) in [6.07, 6.45) is 7.29. The molecule has 1 heterocycles. The Morgan fingerprint density at radius 1 is 1.38 bits per heavy atom. The van der Waals surface area contributed by atoms with E-state index < -0.39 is 0 Å². The van der Waals surface area contributed by atoms with Gasteiger partial charge in [-0.1, -0.05) is 26.2 Å². The maximum absolute atomic E-state index is 4.29. The van der Waals surface area contributed by atoms with Gasteiger partial charge in [0, 0.05) is 26.8 Å². The quantitative estimate of drug-likeness (QED) is 0.460. The van der Waals surface area contributed by atoms with Crippen molar-refractivity contribution < 1.29 is 0 Å². The lowest BCUT2D eigenvalue weighted by molar-refractivity contribution is 0.256. The van der Waals surface area contributed by atoms with Crippen molar-refractivity contribution in [2.45, 2.75) is 39.2 Å². The van der Waals surface area contributed by atoms with Gasteiger partial charge in [0.2, 0.25) is 0 Å². The molecule has 0 saturated heterocycles. The van der Waals surface area contributed by atoms with Gasteiger partial charge in [-0.15, -0.1) is 24.0 Å². The molecule has 1 aliphatic carbocycles. The molecule has 1 fully saturated rings. The van der Waals surface area contributed by atoms with Crippen LogP contribution in [-0.4, -0.2) is 29.3 Å². The maximum Gasteiger partial charge on any atom is 0.191 e. The van der Waals surface area contributed by atoms with Gasteiger partial charge >= 0.3 is 0 Å². The first-order chi connectivity index (χ1) is 9.70. The van der Waals surface area contributed by atoms with Crippen LogP contribution in [0.5, 0.6) is 0 Å². The van der Waals surface area contributed by atoms with Crippen LogP contribution >= 0.6 is 24.0 Å². The minimum atomic E-state index is 0. The highest BCUT2D eigenvalue weighted by Crippen LogP contribution is 2.28. The lowest BCUT2D eigenvalue weighted by atomic mass is 9.80. The SMILES string of the molecule is CN=C(NCc1ccnn1C)NCC1CCCCC1C.I. The molecule has 0 aromatic carbocycles. The van der Waals surface area contributed by atoms with E-state index in [1.165, 1.54) is 25.7 Å². The third-order valence-corrected chi connectivity index (χ3v) is 4.40. The summed E-state index contributed by atoms with van der Waals surface area (Å²) in [5.74, 6) is 2.48. The van der Waals surface area contributed by atoms with Gasteiger partial charge in [-0.05, 0) is 24.3 Å². The highest BCUT2D eigenvalue weighted by molar-refractivity contribution is 14.0. The monoisotopic (exact) mass is 405 g/mol. The van der Waals surface area contributed by atoms with E-state index in [4.69, 9.17) is 0 Å². The Kier molecular flexibility index (Phi) is 8.06. The molecule has 0 bridgehead atoms. The molecule has 1 saturated carbocycles. The highest BCUT2D eigenvalue weighted by Gasteiger charge is 2.21. The topological polar surface area (TPSA) is 54.2 Å². The highest BCUT2D eigenvalue weighted by atomic mass is 127. The predicted molar refractivity (Wildman–Crippen MR) is 97.9 cm³/mol. The average molecular weight is 405 g/mol. The first kappa shape index (κ1) is 18.3. The van der Waals surface area contributed by atoms with Gasteiger partial charge in [-0.25, -0.2) is 0 Å². The largest absolute Gasteiger partial charge is 0.356 e. The molecule has 120 valence electrons. The summed E-state index contributed by atoms with van der Waals surface area (Å²) in [5.41, 5.74) is 1.15.